The molecule has 1 aromatic carbocycles. The van der Waals surface area contributed by atoms with Gasteiger partial charge in [0.1, 0.15) is 5.75 Å². The van der Waals surface area contributed by atoms with Crippen LogP contribution in [0.1, 0.15) is 25.5 Å². The average Bonchev–Trinajstić information content (AvgIpc) is 2.19. The van der Waals surface area contributed by atoms with Crippen molar-refractivity contribution in [3.8, 4) is 5.75 Å². The van der Waals surface area contributed by atoms with Crippen LogP contribution in [-0.4, -0.2) is 12.3 Å². The Morgan fingerprint density at radius 2 is 1.88 bits per heavy atom. The zero-order chi connectivity index (χ0) is 13.2. The Morgan fingerprint density at radius 3 is 2.29 bits per heavy atom. The maximum absolute atomic E-state index is 12.3. The van der Waals surface area contributed by atoms with Crippen LogP contribution >= 0.6 is 11.6 Å². The van der Waals surface area contributed by atoms with E-state index in [1.54, 1.807) is 13.0 Å². The number of benzene rings is 1. The van der Waals surface area contributed by atoms with Gasteiger partial charge < -0.3 is 10.5 Å². The Kier molecular flexibility index (Phi) is 4.27. The summed E-state index contributed by atoms with van der Waals surface area (Å²) in [6, 6.07) is 4.25. The lowest BCUT2D eigenvalue weighted by atomic mass is 10.1. The summed E-state index contributed by atoms with van der Waals surface area (Å²) in [4.78, 5) is 0. The van der Waals surface area contributed by atoms with Crippen molar-refractivity contribution >= 4 is 11.6 Å². The Hall–Kier alpha value is -0.940. The number of ether oxygens (including phenoxy) is 1. The highest BCUT2D eigenvalue weighted by molar-refractivity contribution is 6.32. The van der Waals surface area contributed by atoms with Gasteiger partial charge in [0.15, 0.2) is 6.10 Å². The summed E-state index contributed by atoms with van der Waals surface area (Å²) in [7, 11) is 0. The van der Waals surface area contributed by atoms with Crippen LogP contribution in [0.15, 0.2) is 18.2 Å². The molecule has 0 saturated heterocycles. The third kappa shape index (κ3) is 3.78. The minimum absolute atomic E-state index is 0.000826. The van der Waals surface area contributed by atoms with Crippen molar-refractivity contribution in [1.82, 2.24) is 0 Å². The lowest BCUT2D eigenvalue weighted by molar-refractivity contribution is -0.189. The third-order valence-corrected chi connectivity index (χ3v) is 2.54. The summed E-state index contributed by atoms with van der Waals surface area (Å²) >= 11 is 5.82. The van der Waals surface area contributed by atoms with Crippen molar-refractivity contribution in [2.75, 3.05) is 0 Å². The smallest absolute Gasteiger partial charge is 0.425 e. The van der Waals surface area contributed by atoms with Crippen LogP contribution in [0.4, 0.5) is 13.2 Å². The van der Waals surface area contributed by atoms with Crippen LogP contribution in [0.25, 0.3) is 0 Å². The number of rotatable bonds is 3. The van der Waals surface area contributed by atoms with E-state index in [1.165, 1.54) is 12.1 Å². The second-order valence-electron chi connectivity index (χ2n) is 3.78. The number of hydrogen-bond acceptors (Lipinski definition) is 2. The second kappa shape index (κ2) is 5.14. The predicted molar refractivity (Wildman–Crippen MR) is 60.2 cm³/mol. The molecule has 2 N–H and O–H groups in total. The molecule has 6 heteroatoms. The van der Waals surface area contributed by atoms with Gasteiger partial charge in [0, 0.05) is 6.04 Å². The van der Waals surface area contributed by atoms with Crippen molar-refractivity contribution < 1.29 is 17.9 Å². The fourth-order valence-corrected chi connectivity index (χ4v) is 1.39. The molecule has 1 aromatic rings. The van der Waals surface area contributed by atoms with E-state index in [1.807, 2.05) is 0 Å². The van der Waals surface area contributed by atoms with E-state index in [-0.39, 0.29) is 16.8 Å². The number of nitrogens with two attached hydrogens (primary N) is 1. The first-order chi connectivity index (χ1) is 7.71. The first-order valence-corrected chi connectivity index (χ1v) is 5.38. The molecular formula is C11H13ClF3NO. The van der Waals surface area contributed by atoms with Crippen LogP contribution in [0.3, 0.4) is 0 Å². The molecule has 0 heterocycles. The molecule has 0 aliphatic heterocycles. The third-order valence-electron chi connectivity index (χ3n) is 2.25. The van der Waals surface area contributed by atoms with E-state index in [0.29, 0.717) is 0 Å². The molecule has 0 radical (unpaired) electrons. The largest absolute Gasteiger partial charge is 0.480 e. The summed E-state index contributed by atoms with van der Waals surface area (Å²) in [5.41, 5.74) is 6.36. The molecule has 2 atom stereocenters. The lowest BCUT2D eigenvalue weighted by Crippen LogP contribution is -2.31. The number of hydrogen-bond donors (Lipinski definition) is 1. The molecule has 1 rings (SSSR count). The van der Waals surface area contributed by atoms with Gasteiger partial charge in [0.2, 0.25) is 0 Å². The Morgan fingerprint density at radius 1 is 1.29 bits per heavy atom. The zero-order valence-corrected chi connectivity index (χ0v) is 10.1. The minimum atomic E-state index is -4.41. The second-order valence-corrected chi connectivity index (χ2v) is 4.19. The van der Waals surface area contributed by atoms with Gasteiger partial charge in [-0.15, -0.1) is 0 Å². The van der Waals surface area contributed by atoms with Crippen LogP contribution in [-0.2, 0) is 0 Å². The first-order valence-electron chi connectivity index (χ1n) is 5.00. The van der Waals surface area contributed by atoms with Gasteiger partial charge in [-0.25, -0.2) is 0 Å². The van der Waals surface area contributed by atoms with Crippen molar-refractivity contribution in [3.05, 3.63) is 28.8 Å². The van der Waals surface area contributed by atoms with E-state index >= 15 is 0 Å². The highest BCUT2D eigenvalue weighted by Crippen LogP contribution is 2.31. The van der Waals surface area contributed by atoms with E-state index in [2.05, 4.69) is 0 Å². The van der Waals surface area contributed by atoms with Gasteiger partial charge >= 0.3 is 6.18 Å². The molecule has 17 heavy (non-hydrogen) atoms. The Bertz CT molecular complexity index is 393. The highest BCUT2D eigenvalue weighted by atomic mass is 35.5. The van der Waals surface area contributed by atoms with Crippen molar-refractivity contribution in [2.24, 2.45) is 5.73 Å². The summed E-state index contributed by atoms with van der Waals surface area (Å²) in [6.07, 6.45) is -6.32. The summed E-state index contributed by atoms with van der Waals surface area (Å²) < 4.78 is 41.6. The predicted octanol–water partition coefficient (Wildman–Crippen LogP) is 3.69. The summed E-state index contributed by atoms with van der Waals surface area (Å²) in [5.74, 6) is 0.000826. The Balaban J connectivity index is 2.87. The van der Waals surface area contributed by atoms with E-state index in [9.17, 15) is 13.2 Å². The van der Waals surface area contributed by atoms with Crippen molar-refractivity contribution in [2.45, 2.75) is 32.2 Å². The molecule has 2 nitrogen and oxygen atoms in total. The van der Waals surface area contributed by atoms with E-state index in [4.69, 9.17) is 22.1 Å². The molecule has 0 spiro atoms. The average molecular weight is 268 g/mol. The fourth-order valence-electron chi connectivity index (χ4n) is 1.15. The van der Waals surface area contributed by atoms with E-state index in [0.717, 1.165) is 12.5 Å². The van der Waals surface area contributed by atoms with Gasteiger partial charge in [0.25, 0.3) is 0 Å². The molecule has 0 aliphatic rings. The summed E-state index contributed by atoms with van der Waals surface area (Å²) in [5, 5.41) is 0.121. The lowest BCUT2D eigenvalue weighted by Gasteiger charge is -2.19. The van der Waals surface area contributed by atoms with Gasteiger partial charge in [0.05, 0.1) is 5.02 Å². The number of alkyl halides is 3. The monoisotopic (exact) mass is 267 g/mol. The number of halogens is 4. The molecule has 0 amide bonds. The molecule has 2 unspecified atom stereocenters. The standard InChI is InChI=1S/C11H13ClF3NO/c1-6(16)8-3-4-10(9(12)5-8)17-7(2)11(13,14)15/h3-7H,16H2,1-2H3. The van der Waals surface area contributed by atoms with Crippen molar-refractivity contribution in [3.63, 3.8) is 0 Å². The fraction of sp³-hybridized carbons (Fsp3) is 0.455. The molecule has 0 fully saturated rings. The maximum Gasteiger partial charge on any atom is 0.425 e. The molecule has 0 saturated carbocycles. The Labute approximate surface area is 103 Å². The summed E-state index contributed by atoms with van der Waals surface area (Å²) in [6.45, 7) is 2.68. The van der Waals surface area contributed by atoms with Crippen LogP contribution in [0, 0.1) is 0 Å². The molecular weight excluding hydrogens is 255 g/mol. The highest BCUT2D eigenvalue weighted by Gasteiger charge is 2.38. The normalized spacial score (nSPS) is 15.5. The van der Waals surface area contributed by atoms with Gasteiger partial charge in [-0.05, 0) is 31.5 Å². The zero-order valence-electron chi connectivity index (χ0n) is 9.38. The van der Waals surface area contributed by atoms with E-state index < -0.39 is 12.3 Å². The quantitative estimate of drug-likeness (QED) is 0.906. The SMILES string of the molecule is CC(N)c1ccc(OC(C)C(F)(F)F)c(Cl)c1. The van der Waals surface area contributed by atoms with Gasteiger partial charge in [-0.1, -0.05) is 17.7 Å². The first kappa shape index (κ1) is 14.1. The van der Waals surface area contributed by atoms with Crippen LogP contribution < -0.4 is 10.5 Å². The van der Waals surface area contributed by atoms with Gasteiger partial charge in [-0.2, -0.15) is 13.2 Å². The topological polar surface area (TPSA) is 35.2 Å². The van der Waals surface area contributed by atoms with Crippen LogP contribution in [0.2, 0.25) is 5.02 Å². The van der Waals surface area contributed by atoms with Gasteiger partial charge in [-0.3, -0.25) is 0 Å². The maximum atomic E-state index is 12.3. The minimum Gasteiger partial charge on any atom is -0.480 e. The molecule has 0 bridgehead atoms. The molecule has 0 aromatic heterocycles. The van der Waals surface area contributed by atoms with Crippen molar-refractivity contribution in [1.29, 1.82) is 0 Å². The molecule has 96 valence electrons. The molecule has 0 aliphatic carbocycles. The van der Waals surface area contributed by atoms with Crippen LogP contribution in [0.5, 0.6) is 5.75 Å².